The summed E-state index contributed by atoms with van der Waals surface area (Å²) in [7, 11) is 0. The molecule has 4 nitrogen and oxygen atoms in total. The first-order chi connectivity index (χ1) is 6.72. The summed E-state index contributed by atoms with van der Waals surface area (Å²) in [5.74, 6) is 0.540. The van der Waals surface area contributed by atoms with Crippen LogP contribution in [0.4, 0.5) is 5.82 Å². The van der Waals surface area contributed by atoms with Gasteiger partial charge in [-0.25, -0.2) is 4.98 Å². The summed E-state index contributed by atoms with van der Waals surface area (Å²) in [5.41, 5.74) is 0. The van der Waals surface area contributed by atoms with Crippen molar-refractivity contribution in [1.29, 1.82) is 0 Å². The molecule has 5 heteroatoms. The van der Waals surface area contributed by atoms with Crippen LogP contribution >= 0.6 is 11.6 Å². The molecule has 0 unspecified atom stereocenters. The molecule has 0 spiro atoms. The molecule has 76 valence electrons. The van der Waals surface area contributed by atoms with E-state index in [-0.39, 0.29) is 12.5 Å². The molecule has 0 bridgehead atoms. The van der Waals surface area contributed by atoms with Crippen LogP contribution in [-0.2, 0) is 4.79 Å². The third kappa shape index (κ3) is 3.62. The smallest absolute Gasteiger partial charge is 0.239 e. The van der Waals surface area contributed by atoms with Crippen molar-refractivity contribution in [3.05, 3.63) is 23.4 Å². The van der Waals surface area contributed by atoms with E-state index >= 15 is 0 Å². The van der Waals surface area contributed by atoms with Gasteiger partial charge in [0.15, 0.2) is 0 Å². The Hall–Kier alpha value is -1.29. The van der Waals surface area contributed by atoms with E-state index in [4.69, 9.17) is 11.6 Å². The average Bonchev–Trinajstić information content (AvgIpc) is 2.15. The Kier molecular flexibility index (Phi) is 4.19. The molecule has 1 aromatic rings. The van der Waals surface area contributed by atoms with Gasteiger partial charge in [0.1, 0.15) is 11.0 Å². The second kappa shape index (κ2) is 5.44. The molecule has 1 amide bonds. The number of hydrogen-bond donors (Lipinski definition) is 2. The number of aromatic nitrogens is 1. The highest BCUT2D eigenvalue weighted by atomic mass is 35.5. The molecular formula is C9H12ClN3O. The Balaban J connectivity index is 2.41. The van der Waals surface area contributed by atoms with Gasteiger partial charge >= 0.3 is 0 Å². The minimum absolute atomic E-state index is 0.0609. The highest BCUT2D eigenvalue weighted by Gasteiger charge is 1.99. The van der Waals surface area contributed by atoms with E-state index in [1.54, 1.807) is 18.2 Å². The number of amides is 1. The molecule has 0 aliphatic rings. The van der Waals surface area contributed by atoms with Crippen LogP contribution in [0.1, 0.15) is 6.92 Å². The van der Waals surface area contributed by atoms with Crippen LogP contribution in [0.3, 0.4) is 0 Å². The van der Waals surface area contributed by atoms with Gasteiger partial charge in [0.25, 0.3) is 0 Å². The Morgan fingerprint density at radius 1 is 1.57 bits per heavy atom. The first-order valence-electron chi connectivity index (χ1n) is 4.35. The van der Waals surface area contributed by atoms with Crippen LogP contribution in [0.25, 0.3) is 0 Å². The monoisotopic (exact) mass is 213 g/mol. The fourth-order valence-electron chi connectivity index (χ4n) is 0.937. The number of anilines is 1. The summed E-state index contributed by atoms with van der Waals surface area (Å²) in [6.45, 7) is 2.71. The summed E-state index contributed by atoms with van der Waals surface area (Å²) < 4.78 is 0. The lowest BCUT2D eigenvalue weighted by molar-refractivity contribution is -0.119. The van der Waals surface area contributed by atoms with Gasteiger partial charge in [-0.3, -0.25) is 4.79 Å². The van der Waals surface area contributed by atoms with Crippen molar-refractivity contribution in [3.8, 4) is 0 Å². The number of carbonyl (C=O) groups excluding carboxylic acids is 1. The number of halogens is 1. The number of likely N-dealkylation sites (N-methyl/N-ethyl adjacent to an activating group) is 1. The number of nitrogens with one attached hydrogen (secondary N) is 2. The SMILES string of the molecule is CCNC(=O)CNc1cccc(Cl)n1. The van der Waals surface area contributed by atoms with E-state index in [2.05, 4.69) is 15.6 Å². The number of carbonyl (C=O) groups is 1. The van der Waals surface area contributed by atoms with E-state index in [0.29, 0.717) is 17.5 Å². The summed E-state index contributed by atoms with van der Waals surface area (Å²) in [5, 5.41) is 5.94. The average molecular weight is 214 g/mol. The molecule has 1 heterocycles. The lowest BCUT2D eigenvalue weighted by Crippen LogP contribution is -2.29. The lowest BCUT2D eigenvalue weighted by atomic mass is 10.4. The largest absolute Gasteiger partial charge is 0.361 e. The van der Waals surface area contributed by atoms with Crippen molar-refractivity contribution in [1.82, 2.24) is 10.3 Å². The second-order valence-electron chi connectivity index (χ2n) is 2.65. The summed E-state index contributed by atoms with van der Waals surface area (Å²) in [6, 6.07) is 5.21. The Morgan fingerprint density at radius 3 is 3.00 bits per heavy atom. The van der Waals surface area contributed by atoms with Crippen molar-refractivity contribution in [2.45, 2.75) is 6.92 Å². The van der Waals surface area contributed by atoms with Crippen molar-refractivity contribution >= 4 is 23.3 Å². The molecule has 2 N–H and O–H groups in total. The molecule has 0 aromatic carbocycles. The van der Waals surface area contributed by atoms with Crippen LogP contribution in [0.2, 0.25) is 5.15 Å². The maximum atomic E-state index is 11.1. The van der Waals surface area contributed by atoms with Crippen LogP contribution in [0, 0.1) is 0 Å². The lowest BCUT2D eigenvalue weighted by Gasteiger charge is -2.05. The summed E-state index contributed by atoms with van der Waals surface area (Å²) in [4.78, 5) is 15.0. The van der Waals surface area contributed by atoms with Crippen LogP contribution in [0.5, 0.6) is 0 Å². The van der Waals surface area contributed by atoms with Gasteiger partial charge < -0.3 is 10.6 Å². The first kappa shape index (κ1) is 10.8. The van der Waals surface area contributed by atoms with Crippen LogP contribution in [0.15, 0.2) is 18.2 Å². The van der Waals surface area contributed by atoms with Gasteiger partial charge in [-0.05, 0) is 19.1 Å². The molecule has 0 aliphatic heterocycles. The van der Waals surface area contributed by atoms with E-state index in [9.17, 15) is 4.79 Å². The first-order valence-corrected chi connectivity index (χ1v) is 4.73. The minimum Gasteiger partial charge on any atom is -0.361 e. The standard InChI is InChI=1S/C9H12ClN3O/c1-2-11-9(14)6-12-8-5-3-4-7(10)13-8/h3-5H,2,6H2,1H3,(H,11,14)(H,12,13). The third-order valence-electron chi connectivity index (χ3n) is 1.52. The molecule has 0 saturated carbocycles. The Labute approximate surface area is 87.7 Å². The molecule has 0 aliphatic carbocycles. The third-order valence-corrected chi connectivity index (χ3v) is 1.73. The Bertz CT molecular complexity index is 317. The van der Waals surface area contributed by atoms with Gasteiger partial charge in [0, 0.05) is 6.54 Å². The molecular weight excluding hydrogens is 202 g/mol. The quantitative estimate of drug-likeness (QED) is 0.741. The highest BCUT2D eigenvalue weighted by Crippen LogP contribution is 2.08. The zero-order chi connectivity index (χ0) is 10.4. The fourth-order valence-corrected chi connectivity index (χ4v) is 1.10. The normalized spacial score (nSPS) is 9.57. The van der Waals surface area contributed by atoms with Crippen LogP contribution in [-0.4, -0.2) is 24.0 Å². The van der Waals surface area contributed by atoms with Gasteiger partial charge in [0.2, 0.25) is 5.91 Å². The molecule has 0 radical (unpaired) electrons. The van der Waals surface area contributed by atoms with Gasteiger partial charge in [-0.2, -0.15) is 0 Å². The molecule has 14 heavy (non-hydrogen) atoms. The number of hydrogen-bond acceptors (Lipinski definition) is 3. The van der Waals surface area contributed by atoms with Crippen molar-refractivity contribution in [3.63, 3.8) is 0 Å². The maximum absolute atomic E-state index is 11.1. The molecule has 0 fully saturated rings. The van der Waals surface area contributed by atoms with Crippen molar-refractivity contribution in [2.75, 3.05) is 18.4 Å². The molecule has 1 rings (SSSR count). The number of nitrogens with zero attached hydrogens (tertiary/aromatic N) is 1. The van der Waals surface area contributed by atoms with Crippen molar-refractivity contribution in [2.24, 2.45) is 0 Å². The Morgan fingerprint density at radius 2 is 2.36 bits per heavy atom. The zero-order valence-corrected chi connectivity index (χ0v) is 8.64. The number of pyridine rings is 1. The van der Waals surface area contributed by atoms with Crippen molar-refractivity contribution < 1.29 is 4.79 Å². The maximum Gasteiger partial charge on any atom is 0.239 e. The number of rotatable bonds is 4. The van der Waals surface area contributed by atoms with E-state index in [1.165, 1.54) is 0 Å². The summed E-state index contributed by atoms with van der Waals surface area (Å²) in [6.07, 6.45) is 0. The van der Waals surface area contributed by atoms with Gasteiger partial charge in [0.05, 0.1) is 6.54 Å². The van der Waals surface area contributed by atoms with Gasteiger partial charge in [-0.1, -0.05) is 17.7 Å². The molecule has 1 aromatic heterocycles. The predicted octanol–water partition coefficient (Wildman–Crippen LogP) is 1.28. The van der Waals surface area contributed by atoms with Crippen LogP contribution < -0.4 is 10.6 Å². The van der Waals surface area contributed by atoms with E-state index in [0.717, 1.165) is 0 Å². The summed E-state index contributed by atoms with van der Waals surface area (Å²) >= 11 is 5.67. The van der Waals surface area contributed by atoms with Gasteiger partial charge in [-0.15, -0.1) is 0 Å². The van der Waals surface area contributed by atoms with E-state index in [1.807, 2.05) is 6.92 Å². The molecule has 0 atom stereocenters. The zero-order valence-electron chi connectivity index (χ0n) is 7.88. The topological polar surface area (TPSA) is 54.0 Å². The highest BCUT2D eigenvalue weighted by molar-refractivity contribution is 6.29. The molecule has 0 saturated heterocycles. The predicted molar refractivity (Wildman–Crippen MR) is 56.4 cm³/mol. The second-order valence-corrected chi connectivity index (χ2v) is 3.04. The minimum atomic E-state index is -0.0609. The fraction of sp³-hybridized carbons (Fsp3) is 0.333. The van der Waals surface area contributed by atoms with E-state index < -0.39 is 0 Å².